The van der Waals surface area contributed by atoms with Gasteiger partial charge < -0.3 is 10.6 Å². The zero-order chi connectivity index (χ0) is 12.9. The quantitative estimate of drug-likeness (QED) is 0.874. The average Bonchev–Trinajstić information content (AvgIpc) is 2.72. The Kier molecular flexibility index (Phi) is 4.28. The van der Waals surface area contributed by atoms with Gasteiger partial charge in [0.2, 0.25) is 0 Å². The van der Waals surface area contributed by atoms with Crippen molar-refractivity contribution in [1.82, 2.24) is 15.3 Å². The number of hydrogen-bond donors (Lipinski definition) is 2. The van der Waals surface area contributed by atoms with Crippen LogP contribution in [0.2, 0.25) is 0 Å². The monoisotopic (exact) mass is 260 g/mol. The minimum Gasteiger partial charge on any atom is -0.369 e. The first-order valence-corrected chi connectivity index (χ1v) is 7.71. The summed E-state index contributed by atoms with van der Waals surface area (Å²) in [6, 6.07) is 0. The summed E-state index contributed by atoms with van der Waals surface area (Å²) in [5, 5.41) is 7.02. The van der Waals surface area contributed by atoms with E-state index in [0.717, 1.165) is 44.2 Å². The number of nitrogens with zero attached hydrogens (tertiary/aromatic N) is 2. The lowest BCUT2D eigenvalue weighted by Crippen LogP contribution is -2.19. The first kappa shape index (κ1) is 12.9. The molecule has 0 atom stereocenters. The van der Waals surface area contributed by atoms with Crippen LogP contribution in [0.5, 0.6) is 0 Å². The maximum atomic E-state index is 4.47. The molecule has 4 nitrogen and oxygen atoms in total. The highest BCUT2D eigenvalue weighted by molar-refractivity contribution is 5.46. The van der Waals surface area contributed by atoms with Gasteiger partial charge in [-0.25, -0.2) is 9.97 Å². The van der Waals surface area contributed by atoms with E-state index in [1.807, 2.05) is 0 Å². The predicted octanol–water partition coefficient (Wildman–Crippen LogP) is 2.16. The third-order valence-electron chi connectivity index (χ3n) is 4.41. The van der Waals surface area contributed by atoms with E-state index in [1.54, 1.807) is 6.33 Å². The van der Waals surface area contributed by atoms with Gasteiger partial charge in [0.15, 0.2) is 0 Å². The highest BCUT2D eigenvalue weighted by Crippen LogP contribution is 2.25. The molecule has 1 aromatic heterocycles. The molecule has 4 heteroatoms. The van der Waals surface area contributed by atoms with Gasteiger partial charge in [-0.1, -0.05) is 19.3 Å². The molecular weight excluding hydrogens is 236 g/mol. The van der Waals surface area contributed by atoms with Crippen LogP contribution in [-0.2, 0) is 12.8 Å². The van der Waals surface area contributed by atoms with Crippen LogP contribution in [0.3, 0.4) is 0 Å². The Morgan fingerprint density at radius 3 is 2.84 bits per heavy atom. The SMILES string of the molecule is c1nc2c(c(NCC3CCCCC3)n1)CCNCC2. The highest BCUT2D eigenvalue weighted by atomic mass is 15.0. The van der Waals surface area contributed by atoms with Crippen molar-refractivity contribution in [3.63, 3.8) is 0 Å². The first-order valence-electron chi connectivity index (χ1n) is 7.71. The molecule has 2 aliphatic rings. The Morgan fingerprint density at radius 1 is 1.11 bits per heavy atom. The average molecular weight is 260 g/mol. The second-order valence-electron chi connectivity index (χ2n) is 5.78. The van der Waals surface area contributed by atoms with Crippen molar-refractivity contribution in [1.29, 1.82) is 0 Å². The first-order chi connectivity index (χ1) is 9.43. The molecule has 0 amide bonds. The van der Waals surface area contributed by atoms with Gasteiger partial charge in [0.1, 0.15) is 12.1 Å². The van der Waals surface area contributed by atoms with Gasteiger partial charge >= 0.3 is 0 Å². The van der Waals surface area contributed by atoms with Gasteiger partial charge in [-0.3, -0.25) is 0 Å². The topological polar surface area (TPSA) is 49.8 Å². The Labute approximate surface area is 115 Å². The smallest absolute Gasteiger partial charge is 0.132 e. The van der Waals surface area contributed by atoms with E-state index >= 15 is 0 Å². The number of fused-ring (bicyclic) bond motifs is 1. The largest absolute Gasteiger partial charge is 0.369 e. The van der Waals surface area contributed by atoms with Crippen LogP contribution >= 0.6 is 0 Å². The summed E-state index contributed by atoms with van der Waals surface area (Å²) in [6.07, 6.45) is 10.8. The van der Waals surface area contributed by atoms with Crippen LogP contribution in [0.1, 0.15) is 43.4 Å². The van der Waals surface area contributed by atoms with E-state index in [1.165, 1.54) is 43.4 Å². The minimum atomic E-state index is 0.836. The Morgan fingerprint density at radius 2 is 1.95 bits per heavy atom. The molecule has 0 radical (unpaired) electrons. The molecule has 1 aliphatic heterocycles. The second kappa shape index (κ2) is 6.33. The molecule has 19 heavy (non-hydrogen) atoms. The Balaban J connectivity index is 1.66. The molecule has 0 saturated heterocycles. The zero-order valence-corrected chi connectivity index (χ0v) is 11.6. The summed E-state index contributed by atoms with van der Waals surface area (Å²) >= 11 is 0. The molecule has 1 fully saturated rings. The molecule has 1 aliphatic carbocycles. The second-order valence-corrected chi connectivity index (χ2v) is 5.78. The van der Waals surface area contributed by atoms with Gasteiger partial charge in [-0.2, -0.15) is 0 Å². The molecule has 0 spiro atoms. The summed E-state index contributed by atoms with van der Waals surface area (Å²) in [6.45, 7) is 3.15. The van der Waals surface area contributed by atoms with Crippen LogP contribution in [0, 0.1) is 5.92 Å². The van der Waals surface area contributed by atoms with Crippen molar-refractivity contribution in [2.45, 2.75) is 44.9 Å². The van der Waals surface area contributed by atoms with Crippen molar-refractivity contribution >= 4 is 5.82 Å². The summed E-state index contributed by atoms with van der Waals surface area (Å²) in [7, 11) is 0. The van der Waals surface area contributed by atoms with Gasteiger partial charge in [-0.05, 0) is 31.7 Å². The van der Waals surface area contributed by atoms with Crippen molar-refractivity contribution in [2.75, 3.05) is 25.0 Å². The summed E-state index contributed by atoms with van der Waals surface area (Å²) in [5.41, 5.74) is 2.56. The van der Waals surface area contributed by atoms with Crippen molar-refractivity contribution in [3.8, 4) is 0 Å². The lowest BCUT2D eigenvalue weighted by atomic mass is 9.89. The third kappa shape index (κ3) is 3.24. The Bertz CT molecular complexity index is 413. The zero-order valence-electron chi connectivity index (χ0n) is 11.6. The summed E-state index contributed by atoms with van der Waals surface area (Å²) in [5.74, 6) is 1.92. The van der Waals surface area contributed by atoms with E-state index in [-0.39, 0.29) is 0 Å². The molecule has 104 valence electrons. The van der Waals surface area contributed by atoms with Crippen molar-refractivity contribution in [3.05, 3.63) is 17.6 Å². The maximum absolute atomic E-state index is 4.47. The van der Waals surface area contributed by atoms with Gasteiger partial charge in [0.05, 0.1) is 5.69 Å². The predicted molar refractivity (Wildman–Crippen MR) is 77.4 cm³/mol. The molecule has 0 unspecified atom stereocenters. The fraction of sp³-hybridized carbons (Fsp3) is 0.733. The van der Waals surface area contributed by atoms with Crippen LogP contribution < -0.4 is 10.6 Å². The lowest BCUT2D eigenvalue weighted by Gasteiger charge is -2.22. The minimum absolute atomic E-state index is 0.836. The fourth-order valence-electron chi connectivity index (χ4n) is 3.26. The normalized spacial score (nSPS) is 20.6. The van der Waals surface area contributed by atoms with Gasteiger partial charge in [-0.15, -0.1) is 0 Å². The molecule has 1 aromatic rings. The number of aromatic nitrogens is 2. The highest BCUT2D eigenvalue weighted by Gasteiger charge is 2.16. The molecule has 3 rings (SSSR count). The molecular formula is C15H24N4. The summed E-state index contributed by atoms with van der Waals surface area (Å²) in [4.78, 5) is 8.91. The van der Waals surface area contributed by atoms with Crippen LogP contribution in [0.25, 0.3) is 0 Å². The molecule has 0 aromatic carbocycles. The van der Waals surface area contributed by atoms with E-state index in [4.69, 9.17) is 0 Å². The van der Waals surface area contributed by atoms with Crippen LogP contribution in [0.4, 0.5) is 5.82 Å². The van der Waals surface area contributed by atoms with Crippen LogP contribution in [-0.4, -0.2) is 29.6 Å². The molecule has 2 heterocycles. The molecule has 2 N–H and O–H groups in total. The van der Waals surface area contributed by atoms with E-state index in [2.05, 4.69) is 20.6 Å². The number of anilines is 1. The van der Waals surface area contributed by atoms with E-state index < -0.39 is 0 Å². The number of rotatable bonds is 3. The van der Waals surface area contributed by atoms with Gasteiger partial charge in [0.25, 0.3) is 0 Å². The molecule has 1 saturated carbocycles. The maximum Gasteiger partial charge on any atom is 0.132 e. The van der Waals surface area contributed by atoms with Crippen molar-refractivity contribution in [2.24, 2.45) is 5.92 Å². The van der Waals surface area contributed by atoms with Crippen LogP contribution in [0.15, 0.2) is 6.33 Å². The fourth-order valence-corrected chi connectivity index (χ4v) is 3.26. The van der Waals surface area contributed by atoms with E-state index in [0.29, 0.717) is 0 Å². The van der Waals surface area contributed by atoms with Crippen molar-refractivity contribution < 1.29 is 0 Å². The number of hydrogen-bond acceptors (Lipinski definition) is 4. The third-order valence-corrected chi connectivity index (χ3v) is 4.41. The lowest BCUT2D eigenvalue weighted by molar-refractivity contribution is 0.373. The van der Waals surface area contributed by atoms with E-state index in [9.17, 15) is 0 Å². The molecule has 0 bridgehead atoms. The Hall–Kier alpha value is -1.16. The standard InChI is InChI=1S/C15H24N4/c1-2-4-12(5-3-1)10-17-15-13-6-8-16-9-7-14(13)18-11-19-15/h11-12,16H,1-10H2,(H,17,18,19). The number of nitrogens with one attached hydrogen (secondary N) is 2. The van der Waals surface area contributed by atoms with Gasteiger partial charge in [0, 0.05) is 25.1 Å². The summed E-state index contributed by atoms with van der Waals surface area (Å²) < 4.78 is 0.